The highest BCUT2D eigenvalue weighted by Crippen LogP contribution is 2.26. The van der Waals surface area contributed by atoms with Gasteiger partial charge in [0.1, 0.15) is 0 Å². The van der Waals surface area contributed by atoms with E-state index in [2.05, 4.69) is 0 Å². The SMILES string of the molecule is CCC(O)(CC)CC(Cc1ccccc1)C(=O)O. The zero-order valence-electron chi connectivity index (χ0n) is 11.1. The second-order valence-electron chi connectivity index (χ2n) is 4.86. The van der Waals surface area contributed by atoms with E-state index in [0.29, 0.717) is 25.7 Å². The largest absolute Gasteiger partial charge is 0.481 e. The first-order chi connectivity index (χ1) is 8.50. The van der Waals surface area contributed by atoms with Crippen molar-refractivity contribution in [2.45, 2.75) is 45.1 Å². The summed E-state index contributed by atoms with van der Waals surface area (Å²) in [5.41, 5.74) is 0.136. The Morgan fingerprint density at radius 2 is 1.78 bits per heavy atom. The van der Waals surface area contributed by atoms with Gasteiger partial charge in [-0.05, 0) is 31.2 Å². The van der Waals surface area contributed by atoms with Crippen LogP contribution >= 0.6 is 0 Å². The molecule has 0 amide bonds. The number of hydrogen-bond donors (Lipinski definition) is 2. The molecule has 3 nitrogen and oxygen atoms in total. The molecule has 0 aliphatic carbocycles. The summed E-state index contributed by atoms with van der Waals surface area (Å²) in [6.45, 7) is 3.79. The van der Waals surface area contributed by atoms with Gasteiger partial charge in [-0.1, -0.05) is 44.2 Å². The van der Waals surface area contributed by atoms with Crippen LogP contribution in [-0.2, 0) is 11.2 Å². The second-order valence-corrected chi connectivity index (χ2v) is 4.86. The van der Waals surface area contributed by atoms with Crippen LogP contribution in [0.15, 0.2) is 30.3 Å². The molecule has 0 aromatic heterocycles. The van der Waals surface area contributed by atoms with Gasteiger partial charge < -0.3 is 10.2 Å². The third-order valence-corrected chi connectivity index (χ3v) is 3.62. The molecule has 1 atom stereocenters. The molecule has 100 valence electrons. The number of rotatable bonds is 7. The standard InChI is InChI=1S/C15H22O3/c1-3-15(18,4-2)11-13(14(16)17)10-12-8-6-5-7-9-12/h5-9,13,18H,3-4,10-11H2,1-2H3,(H,16,17). The van der Waals surface area contributed by atoms with Gasteiger partial charge in [0.15, 0.2) is 0 Å². The predicted molar refractivity (Wildman–Crippen MR) is 71.4 cm³/mol. The fourth-order valence-electron chi connectivity index (χ4n) is 2.14. The molecule has 0 saturated carbocycles. The van der Waals surface area contributed by atoms with E-state index in [1.165, 1.54) is 0 Å². The molecule has 0 spiro atoms. The predicted octanol–water partition coefficient (Wildman–Crippen LogP) is 2.87. The lowest BCUT2D eigenvalue weighted by Gasteiger charge is -2.28. The lowest BCUT2D eigenvalue weighted by atomic mass is 9.83. The fourth-order valence-corrected chi connectivity index (χ4v) is 2.14. The van der Waals surface area contributed by atoms with E-state index >= 15 is 0 Å². The van der Waals surface area contributed by atoms with Gasteiger partial charge in [0.05, 0.1) is 11.5 Å². The Morgan fingerprint density at radius 3 is 2.22 bits per heavy atom. The first-order valence-corrected chi connectivity index (χ1v) is 6.50. The summed E-state index contributed by atoms with van der Waals surface area (Å²) in [6.07, 6.45) is 1.95. The van der Waals surface area contributed by atoms with Crippen molar-refractivity contribution in [2.75, 3.05) is 0 Å². The molecule has 1 rings (SSSR count). The molecule has 0 saturated heterocycles. The van der Waals surface area contributed by atoms with Gasteiger partial charge in [0.25, 0.3) is 0 Å². The third kappa shape index (κ3) is 4.15. The van der Waals surface area contributed by atoms with E-state index in [1.807, 2.05) is 44.2 Å². The summed E-state index contributed by atoms with van der Waals surface area (Å²) in [5, 5.41) is 19.5. The van der Waals surface area contributed by atoms with Crippen LogP contribution in [0.5, 0.6) is 0 Å². The first-order valence-electron chi connectivity index (χ1n) is 6.50. The fraction of sp³-hybridized carbons (Fsp3) is 0.533. The molecule has 0 bridgehead atoms. The van der Waals surface area contributed by atoms with E-state index in [0.717, 1.165) is 5.56 Å². The summed E-state index contributed by atoms with van der Waals surface area (Å²) >= 11 is 0. The molecule has 0 radical (unpaired) electrons. The number of hydrogen-bond acceptors (Lipinski definition) is 2. The van der Waals surface area contributed by atoms with Crippen molar-refractivity contribution in [1.82, 2.24) is 0 Å². The van der Waals surface area contributed by atoms with Crippen molar-refractivity contribution in [3.63, 3.8) is 0 Å². The molecule has 18 heavy (non-hydrogen) atoms. The van der Waals surface area contributed by atoms with Gasteiger partial charge in [-0.3, -0.25) is 4.79 Å². The highest BCUT2D eigenvalue weighted by atomic mass is 16.4. The van der Waals surface area contributed by atoms with Crippen LogP contribution in [0.1, 0.15) is 38.7 Å². The van der Waals surface area contributed by atoms with E-state index in [9.17, 15) is 15.0 Å². The smallest absolute Gasteiger partial charge is 0.306 e. The summed E-state index contributed by atoms with van der Waals surface area (Å²) in [7, 11) is 0. The molecule has 0 aliphatic rings. The Hall–Kier alpha value is -1.35. The summed E-state index contributed by atoms with van der Waals surface area (Å²) < 4.78 is 0. The number of benzene rings is 1. The minimum atomic E-state index is -0.863. The molecule has 1 aromatic rings. The molecule has 3 heteroatoms. The Kier molecular flexibility index (Phi) is 5.35. The molecular formula is C15H22O3. The van der Waals surface area contributed by atoms with Crippen LogP contribution in [-0.4, -0.2) is 21.8 Å². The Bertz CT molecular complexity index is 369. The van der Waals surface area contributed by atoms with Crippen LogP contribution in [0, 0.1) is 5.92 Å². The molecule has 1 unspecified atom stereocenters. The van der Waals surface area contributed by atoms with Crippen LogP contribution < -0.4 is 0 Å². The van der Waals surface area contributed by atoms with Crippen molar-refractivity contribution in [3.8, 4) is 0 Å². The molecule has 2 N–H and O–H groups in total. The summed E-state index contributed by atoms with van der Waals surface area (Å²) in [4.78, 5) is 11.3. The number of carboxylic acids is 1. The van der Waals surface area contributed by atoms with E-state index < -0.39 is 17.5 Å². The van der Waals surface area contributed by atoms with Gasteiger partial charge in [-0.15, -0.1) is 0 Å². The van der Waals surface area contributed by atoms with Gasteiger partial charge in [-0.25, -0.2) is 0 Å². The lowest BCUT2D eigenvalue weighted by Crippen LogP contribution is -2.33. The molecule has 0 aliphatic heterocycles. The van der Waals surface area contributed by atoms with Gasteiger partial charge >= 0.3 is 5.97 Å². The lowest BCUT2D eigenvalue weighted by molar-refractivity contribution is -0.144. The summed E-state index contributed by atoms with van der Waals surface area (Å²) in [5.74, 6) is -1.36. The Balaban J connectivity index is 2.75. The van der Waals surface area contributed by atoms with Gasteiger partial charge in [0.2, 0.25) is 0 Å². The zero-order valence-corrected chi connectivity index (χ0v) is 11.1. The van der Waals surface area contributed by atoms with E-state index in [-0.39, 0.29) is 0 Å². The van der Waals surface area contributed by atoms with Crippen molar-refractivity contribution in [2.24, 2.45) is 5.92 Å². The van der Waals surface area contributed by atoms with Crippen LogP contribution in [0.4, 0.5) is 0 Å². The average Bonchev–Trinajstić information content (AvgIpc) is 2.39. The normalized spacial score (nSPS) is 13.3. The number of carbonyl (C=O) groups is 1. The minimum Gasteiger partial charge on any atom is -0.481 e. The van der Waals surface area contributed by atoms with Gasteiger partial charge in [-0.2, -0.15) is 0 Å². The molecule has 0 heterocycles. The van der Waals surface area contributed by atoms with E-state index in [4.69, 9.17) is 0 Å². The number of aliphatic carboxylic acids is 1. The quantitative estimate of drug-likeness (QED) is 0.782. The maximum Gasteiger partial charge on any atom is 0.306 e. The number of carboxylic acid groups (broad SMARTS) is 1. The third-order valence-electron chi connectivity index (χ3n) is 3.62. The Morgan fingerprint density at radius 1 is 1.22 bits per heavy atom. The second kappa shape index (κ2) is 6.55. The minimum absolute atomic E-state index is 0.310. The van der Waals surface area contributed by atoms with Crippen LogP contribution in [0.25, 0.3) is 0 Å². The van der Waals surface area contributed by atoms with E-state index in [1.54, 1.807) is 0 Å². The molecule has 1 aromatic carbocycles. The summed E-state index contributed by atoms with van der Waals surface area (Å²) in [6, 6.07) is 9.56. The van der Waals surface area contributed by atoms with Crippen molar-refractivity contribution < 1.29 is 15.0 Å². The topological polar surface area (TPSA) is 57.5 Å². The van der Waals surface area contributed by atoms with Crippen molar-refractivity contribution in [3.05, 3.63) is 35.9 Å². The van der Waals surface area contributed by atoms with Crippen molar-refractivity contribution in [1.29, 1.82) is 0 Å². The van der Waals surface area contributed by atoms with Crippen LogP contribution in [0.2, 0.25) is 0 Å². The van der Waals surface area contributed by atoms with Gasteiger partial charge in [0, 0.05) is 0 Å². The highest BCUT2D eigenvalue weighted by Gasteiger charge is 2.30. The zero-order chi connectivity index (χ0) is 13.6. The highest BCUT2D eigenvalue weighted by molar-refractivity contribution is 5.70. The first kappa shape index (κ1) is 14.7. The molecule has 0 fully saturated rings. The monoisotopic (exact) mass is 250 g/mol. The maximum atomic E-state index is 11.3. The van der Waals surface area contributed by atoms with Crippen molar-refractivity contribution >= 4 is 5.97 Å². The molecular weight excluding hydrogens is 228 g/mol. The van der Waals surface area contributed by atoms with Crippen LogP contribution in [0.3, 0.4) is 0 Å². The Labute approximate surface area is 108 Å². The average molecular weight is 250 g/mol. The maximum absolute atomic E-state index is 11.3. The number of aliphatic hydroxyl groups is 1.